The highest BCUT2D eigenvalue weighted by Gasteiger charge is 2.85. The van der Waals surface area contributed by atoms with Crippen molar-refractivity contribution >= 4 is 17.9 Å². The Hall–Kier alpha value is -1.88. The molecule has 1 N–H and O–H groups in total. The van der Waals surface area contributed by atoms with Crippen LogP contribution in [0.3, 0.4) is 0 Å². The molecule has 0 aromatic carbocycles. The number of hydrogen-bond acceptors (Lipinski definition) is 8. The zero-order valence-electron chi connectivity index (χ0n) is 29.3. The van der Waals surface area contributed by atoms with E-state index >= 15 is 0 Å². The van der Waals surface area contributed by atoms with E-state index in [0.29, 0.717) is 12.3 Å². The van der Waals surface area contributed by atoms with Crippen molar-refractivity contribution < 1.29 is 51.6 Å². The zero-order valence-corrected chi connectivity index (χ0v) is 29.3. The minimum Gasteiger partial charge on any atom is -0.462 e. The highest BCUT2D eigenvalue weighted by atomic mass is 19.4. The van der Waals surface area contributed by atoms with Gasteiger partial charge in [-0.05, 0) is 105 Å². The predicted molar refractivity (Wildman–Crippen MR) is 163 cm³/mol. The van der Waals surface area contributed by atoms with E-state index in [1.54, 1.807) is 0 Å². The summed E-state index contributed by atoms with van der Waals surface area (Å²) in [7, 11) is 0. The van der Waals surface area contributed by atoms with Crippen molar-refractivity contribution in [2.24, 2.45) is 50.7 Å². The molecule has 4 unspecified atom stereocenters. The van der Waals surface area contributed by atoms with Crippen molar-refractivity contribution in [3.63, 3.8) is 0 Å². The number of esters is 3. The fraction of sp³-hybridized carbons (Fsp3) is 0.917. The van der Waals surface area contributed by atoms with Gasteiger partial charge in [-0.1, -0.05) is 34.6 Å². The van der Waals surface area contributed by atoms with E-state index in [1.165, 1.54) is 27.7 Å². The SMILES string of the molecule is CC(=O)OC1CC[C@]23C[C@]24CC[C@]2(C)[C@@H]5C(OC([C@H](OC(C)=O)C(C)(C)O)C[C@H]5C)[C@H](OC(=O)C(F)(F)F)[C@@]2(C)C4CC[C@H]3C1(C)C. The quantitative estimate of drug-likeness (QED) is 0.259. The van der Waals surface area contributed by atoms with Gasteiger partial charge in [0.1, 0.15) is 12.2 Å². The molecule has 13 atom stereocenters. The monoisotopic (exact) mass is 670 g/mol. The third-order valence-corrected chi connectivity index (χ3v) is 14.8. The van der Waals surface area contributed by atoms with Crippen LogP contribution in [0, 0.1) is 50.7 Å². The number of rotatable bonds is 5. The molecule has 6 aliphatic rings. The fourth-order valence-corrected chi connectivity index (χ4v) is 13.1. The standard InChI is InChI=1S/C36H53F3O8/c1-18-16-21(27(31(6,7)43)45-20(3)41)46-26-25(18)32(8)14-15-35-17-34(35)13-12-24(44-19(2)40)30(4,5)22(34)10-11-23(35)33(32,9)28(26)47-29(42)36(37,38)39/h18,21-28,43H,10-17H2,1-9H3/t18-,21?,22+,23?,24?,25+,26?,27+,28+,32-,33-,34-,35+/m1/s1. The Morgan fingerprint density at radius 2 is 1.51 bits per heavy atom. The van der Waals surface area contributed by atoms with Crippen LogP contribution < -0.4 is 0 Å². The Bertz CT molecular complexity index is 1320. The smallest absolute Gasteiger partial charge is 0.462 e. The minimum absolute atomic E-state index is 0.00416. The molecular formula is C36H53F3O8. The van der Waals surface area contributed by atoms with Crippen LogP contribution in [-0.4, -0.2) is 65.3 Å². The maximum absolute atomic E-state index is 14.0. The van der Waals surface area contributed by atoms with Crippen molar-refractivity contribution in [1.29, 1.82) is 0 Å². The van der Waals surface area contributed by atoms with Crippen LogP contribution in [0.25, 0.3) is 0 Å². The molecule has 1 saturated heterocycles. The van der Waals surface area contributed by atoms with Crippen LogP contribution in [0.15, 0.2) is 0 Å². The van der Waals surface area contributed by atoms with E-state index in [9.17, 15) is 32.7 Å². The Balaban J connectivity index is 1.41. The number of aliphatic hydroxyl groups is 1. The summed E-state index contributed by atoms with van der Waals surface area (Å²) in [5.41, 5.74) is -3.19. The topological polar surface area (TPSA) is 108 Å². The summed E-state index contributed by atoms with van der Waals surface area (Å²) < 4.78 is 65.7. The molecule has 1 heterocycles. The average Bonchev–Trinajstić information content (AvgIpc) is 3.55. The second-order valence-electron chi connectivity index (χ2n) is 17.7. The Labute approximate surface area is 276 Å². The molecular weight excluding hydrogens is 617 g/mol. The van der Waals surface area contributed by atoms with Gasteiger partial charge >= 0.3 is 24.1 Å². The van der Waals surface area contributed by atoms with Crippen LogP contribution in [-0.2, 0) is 33.3 Å². The summed E-state index contributed by atoms with van der Waals surface area (Å²) >= 11 is 0. The van der Waals surface area contributed by atoms with Crippen LogP contribution in [0.1, 0.15) is 114 Å². The number of fused-ring (bicyclic) bond motifs is 4. The van der Waals surface area contributed by atoms with Crippen LogP contribution in [0.2, 0.25) is 0 Å². The molecule has 2 spiro atoms. The second-order valence-corrected chi connectivity index (χ2v) is 17.7. The summed E-state index contributed by atoms with van der Waals surface area (Å²) in [6, 6.07) is 0. The maximum Gasteiger partial charge on any atom is 0.490 e. The molecule has 266 valence electrons. The lowest BCUT2D eigenvalue weighted by Gasteiger charge is -2.63. The van der Waals surface area contributed by atoms with E-state index in [2.05, 4.69) is 34.6 Å². The van der Waals surface area contributed by atoms with Crippen molar-refractivity contribution in [3.8, 4) is 0 Å². The van der Waals surface area contributed by atoms with E-state index in [-0.39, 0.29) is 46.1 Å². The largest absolute Gasteiger partial charge is 0.490 e. The minimum atomic E-state index is -5.18. The first-order chi connectivity index (χ1) is 21.5. The summed E-state index contributed by atoms with van der Waals surface area (Å²) in [6.07, 6.45) is -2.91. The van der Waals surface area contributed by atoms with Crippen LogP contribution >= 0.6 is 0 Å². The van der Waals surface area contributed by atoms with Gasteiger partial charge in [0.05, 0.1) is 17.8 Å². The summed E-state index contributed by atoms with van der Waals surface area (Å²) in [5.74, 6) is -3.09. The summed E-state index contributed by atoms with van der Waals surface area (Å²) in [5, 5.41) is 11.0. The first kappa shape index (κ1) is 35.0. The molecule has 6 fully saturated rings. The molecule has 5 aliphatic carbocycles. The Morgan fingerprint density at radius 1 is 0.894 bits per heavy atom. The van der Waals surface area contributed by atoms with Gasteiger partial charge in [-0.3, -0.25) is 9.59 Å². The molecule has 8 nitrogen and oxygen atoms in total. The summed E-state index contributed by atoms with van der Waals surface area (Å²) in [6.45, 7) is 16.4. The molecule has 47 heavy (non-hydrogen) atoms. The Morgan fingerprint density at radius 3 is 2.09 bits per heavy atom. The lowest BCUT2D eigenvalue weighted by atomic mass is 9.41. The lowest BCUT2D eigenvalue weighted by Crippen LogP contribution is -2.60. The molecule has 1 aliphatic heterocycles. The van der Waals surface area contributed by atoms with Crippen molar-refractivity contribution in [2.45, 2.75) is 156 Å². The van der Waals surface area contributed by atoms with E-state index in [1.807, 2.05) is 0 Å². The highest BCUT2D eigenvalue weighted by molar-refractivity contribution is 5.76. The second kappa shape index (κ2) is 10.6. The van der Waals surface area contributed by atoms with Gasteiger partial charge in [0.2, 0.25) is 0 Å². The number of alkyl halides is 3. The highest BCUT2D eigenvalue weighted by Crippen LogP contribution is 2.89. The van der Waals surface area contributed by atoms with E-state index in [4.69, 9.17) is 18.9 Å². The normalized spacial score (nSPS) is 47.2. The van der Waals surface area contributed by atoms with Crippen LogP contribution in [0.4, 0.5) is 13.2 Å². The molecule has 6 rings (SSSR count). The van der Waals surface area contributed by atoms with Gasteiger partial charge in [0.15, 0.2) is 6.10 Å². The van der Waals surface area contributed by atoms with Crippen molar-refractivity contribution in [3.05, 3.63) is 0 Å². The zero-order chi connectivity index (χ0) is 34.9. The van der Waals surface area contributed by atoms with Crippen LogP contribution in [0.5, 0.6) is 0 Å². The number of carbonyl (C=O) groups excluding carboxylic acids is 3. The van der Waals surface area contributed by atoms with E-state index < -0.39 is 59.0 Å². The first-order valence-electron chi connectivity index (χ1n) is 17.5. The van der Waals surface area contributed by atoms with Gasteiger partial charge in [-0.25, -0.2) is 4.79 Å². The lowest BCUT2D eigenvalue weighted by molar-refractivity contribution is -0.238. The average molecular weight is 671 g/mol. The predicted octanol–water partition coefficient (Wildman–Crippen LogP) is 6.55. The fourth-order valence-electron chi connectivity index (χ4n) is 13.1. The number of carbonyl (C=O) groups is 3. The molecule has 0 bridgehead atoms. The van der Waals surface area contributed by atoms with Gasteiger partial charge in [0, 0.05) is 24.7 Å². The first-order valence-corrected chi connectivity index (χ1v) is 17.5. The number of halogens is 3. The molecule has 5 saturated carbocycles. The molecule has 0 aromatic heterocycles. The summed E-state index contributed by atoms with van der Waals surface area (Å²) in [4.78, 5) is 36.9. The molecule has 0 radical (unpaired) electrons. The Kier molecular flexibility index (Phi) is 7.86. The van der Waals surface area contributed by atoms with Gasteiger partial charge in [-0.2, -0.15) is 13.2 Å². The molecule has 0 aromatic rings. The van der Waals surface area contributed by atoms with Crippen molar-refractivity contribution in [1.82, 2.24) is 0 Å². The van der Waals surface area contributed by atoms with Crippen molar-refractivity contribution in [2.75, 3.05) is 0 Å². The molecule has 0 amide bonds. The maximum atomic E-state index is 14.0. The van der Waals surface area contributed by atoms with E-state index in [0.717, 1.165) is 44.9 Å². The van der Waals surface area contributed by atoms with Gasteiger partial charge in [-0.15, -0.1) is 0 Å². The van der Waals surface area contributed by atoms with Gasteiger partial charge < -0.3 is 24.1 Å². The molecule has 11 heteroatoms. The number of ether oxygens (including phenoxy) is 4. The van der Waals surface area contributed by atoms with Gasteiger partial charge in [0.25, 0.3) is 0 Å². The third kappa shape index (κ3) is 4.77. The third-order valence-electron chi connectivity index (χ3n) is 14.8. The number of hydrogen-bond donors (Lipinski definition) is 1.